The molecule has 5 heteroatoms. The SMILES string of the molecule is Cc1[nH]c2ccc(CNC(=O)CC(N)c3ccccc3)cc2c1C.Cl. The lowest BCUT2D eigenvalue weighted by Crippen LogP contribution is -2.27. The van der Waals surface area contributed by atoms with E-state index in [2.05, 4.69) is 36.3 Å². The van der Waals surface area contributed by atoms with Gasteiger partial charge in [-0.25, -0.2) is 0 Å². The van der Waals surface area contributed by atoms with Gasteiger partial charge in [0.15, 0.2) is 0 Å². The average molecular weight is 358 g/mol. The third kappa shape index (κ3) is 4.41. The Hall–Kier alpha value is -2.30. The van der Waals surface area contributed by atoms with Gasteiger partial charge in [0.25, 0.3) is 0 Å². The molecule has 3 rings (SSSR count). The number of aromatic amines is 1. The lowest BCUT2D eigenvalue weighted by atomic mass is 10.0. The smallest absolute Gasteiger partial charge is 0.222 e. The molecule has 0 saturated heterocycles. The number of fused-ring (bicyclic) bond motifs is 1. The van der Waals surface area contributed by atoms with Crippen molar-refractivity contribution >= 4 is 29.2 Å². The summed E-state index contributed by atoms with van der Waals surface area (Å²) in [4.78, 5) is 15.5. The van der Waals surface area contributed by atoms with E-state index in [-0.39, 0.29) is 30.8 Å². The summed E-state index contributed by atoms with van der Waals surface area (Å²) in [5.41, 5.74) is 11.7. The quantitative estimate of drug-likeness (QED) is 0.647. The Morgan fingerprint density at radius 3 is 2.60 bits per heavy atom. The molecular weight excluding hydrogens is 334 g/mol. The van der Waals surface area contributed by atoms with Crippen LogP contribution in [0.3, 0.4) is 0 Å². The first-order valence-electron chi connectivity index (χ1n) is 8.19. The number of hydrogen-bond donors (Lipinski definition) is 3. The first-order valence-corrected chi connectivity index (χ1v) is 8.19. The summed E-state index contributed by atoms with van der Waals surface area (Å²) in [6.07, 6.45) is 0.286. The number of H-pyrrole nitrogens is 1. The first-order chi connectivity index (χ1) is 11.5. The molecule has 1 heterocycles. The van der Waals surface area contributed by atoms with Gasteiger partial charge >= 0.3 is 0 Å². The molecule has 0 aliphatic carbocycles. The zero-order chi connectivity index (χ0) is 17.1. The Kier molecular flexibility index (Phi) is 6.23. The van der Waals surface area contributed by atoms with E-state index >= 15 is 0 Å². The van der Waals surface area contributed by atoms with Crippen molar-refractivity contribution in [2.24, 2.45) is 5.73 Å². The Bertz CT molecular complexity index is 858. The van der Waals surface area contributed by atoms with E-state index in [0.717, 1.165) is 16.6 Å². The second-order valence-corrected chi connectivity index (χ2v) is 6.25. The molecule has 0 spiro atoms. The van der Waals surface area contributed by atoms with Crippen LogP contribution in [0.2, 0.25) is 0 Å². The molecule has 0 bridgehead atoms. The minimum Gasteiger partial charge on any atom is -0.358 e. The number of aryl methyl sites for hydroxylation is 2. The van der Waals surface area contributed by atoms with Crippen molar-refractivity contribution in [2.75, 3.05) is 0 Å². The molecule has 0 saturated carbocycles. The molecule has 0 aliphatic rings. The molecule has 1 aromatic heterocycles. The molecule has 1 atom stereocenters. The Morgan fingerprint density at radius 2 is 1.88 bits per heavy atom. The predicted molar refractivity (Wildman–Crippen MR) is 105 cm³/mol. The first kappa shape index (κ1) is 19.0. The van der Waals surface area contributed by atoms with Crippen LogP contribution in [0.1, 0.15) is 34.8 Å². The van der Waals surface area contributed by atoms with Gasteiger partial charge in [-0.1, -0.05) is 36.4 Å². The highest BCUT2D eigenvalue weighted by molar-refractivity contribution is 5.85. The van der Waals surface area contributed by atoms with E-state index in [1.54, 1.807) is 0 Å². The second-order valence-electron chi connectivity index (χ2n) is 6.25. The van der Waals surface area contributed by atoms with E-state index in [0.29, 0.717) is 6.54 Å². The number of halogens is 1. The molecule has 0 fully saturated rings. The maximum atomic E-state index is 12.1. The van der Waals surface area contributed by atoms with Gasteiger partial charge in [0.1, 0.15) is 0 Å². The van der Waals surface area contributed by atoms with Crippen LogP contribution in [0.4, 0.5) is 0 Å². The maximum Gasteiger partial charge on any atom is 0.222 e. The molecular formula is C20H24ClN3O. The summed E-state index contributed by atoms with van der Waals surface area (Å²) in [7, 11) is 0. The fourth-order valence-corrected chi connectivity index (χ4v) is 2.91. The van der Waals surface area contributed by atoms with Crippen LogP contribution < -0.4 is 11.1 Å². The van der Waals surface area contributed by atoms with E-state index < -0.39 is 0 Å². The standard InChI is InChI=1S/C20H23N3O.ClH/c1-13-14(2)23-19-9-8-15(10-17(13)19)12-22-20(24)11-18(21)16-6-4-3-5-7-16;/h3-10,18,23H,11-12,21H2,1-2H3,(H,22,24);1H. The molecule has 25 heavy (non-hydrogen) atoms. The highest BCUT2D eigenvalue weighted by Gasteiger charge is 2.11. The zero-order valence-corrected chi connectivity index (χ0v) is 15.3. The Morgan fingerprint density at radius 1 is 1.16 bits per heavy atom. The fraction of sp³-hybridized carbons (Fsp3) is 0.250. The lowest BCUT2D eigenvalue weighted by Gasteiger charge is -2.12. The van der Waals surface area contributed by atoms with Crippen molar-refractivity contribution in [3.8, 4) is 0 Å². The van der Waals surface area contributed by atoms with E-state index in [1.807, 2.05) is 36.4 Å². The summed E-state index contributed by atoms with van der Waals surface area (Å²) < 4.78 is 0. The van der Waals surface area contributed by atoms with Crippen LogP contribution in [0.15, 0.2) is 48.5 Å². The molecule has 1 amide bonds. The van der Waals surface area contributed by atoms with Crippen molar-refractivity contribution in [3.05, 3.63) is 70.9 Å². The summed E-state index contributed by atoms with van der Waals surface area (Å²) >= 11 is 0. The summed E-state index contributed by atoms with van der Waals surface area (Å²) in [6, 6.07) is 15.7. The van der Waals surface area contributed by atoms with Crippen molar-refractivity contribution in [3.63, 3.8) is 0 Å². The van der Waals surface area contributed by atoms with Gasteiger partial charge < -0.3 is 16.0 Å². The van der Waals surface area contributed by atoms with Gasteiger partial charge in [0, 0.05) is 35.6 Å². The lowest BCUT2D eigenvalue weighted by molar-refractivity contribution is -0.121. The van der Waals surface area contributed by atoms with Crippen LogP contribution in [-0.2, 0) is 11.3 Å². The summed E-state index contributed by atoms with van der Waals surface area (Å²) in [5.74, 6) is -0.0339. The van der Waals surface area contributed by atoms with Crippen molar-refractivity contribution in [1.82, 2.24) is 10.3 Å². The molecule has 3 aromatic rings. The van der Waals surface area contributed by atoms with Crippen molar-refractivity contribution in [1.29, 1.82) is 0 Å². The molecule has 2 aromatic carbocycles. The summed E-state index contributed by atoms with van der Waals surface area (Å²) in [5, 5.41) is 4.17. The molecule has 4 nitrogen and oxygen atoms in total. The number of aromatic nitrogens is 1. The molecule has 1 unspecified atom stereocenters. The van der Waals surface area contributed by atoms with Gasteiger partial charge in [-0.3, -0.25) is 4.79 Å². The minimum absolute atomic E-state index is 0. The van der Waals surface area contributed by atoms with E-state index in [9.17, 15) is 4.79 Å². The van der Waals surface area contributed by atoms with Gasteiger partial charge in [0.05, 0.1) is 0 Å². The second kappa shape index (κ2) is 8.19. The summed E-state index contributed by atoms with van der Waals surface area (Å²) in [6.45, 7) is 4.69. The number of nitrogens with two attached hydrogens (primary N) is 1. The normalized spacial score (nSPS) is 11.8. The molecule has 0 radical (unpaired) electrons. The number of amides is 1. The van der Waals surface area contributed by atoms with Crippen LogP contribution in [0.5, 0.6) is 0 Å². The molecule has 4 N–H and O–H groups in total. The third-order valence-corrected chi connectivity index (χ3v) is 4.50. The number of hydrogen-bond acceptors (Lipinski definition) is 2. The van der Waals surface area contributed by atoms with Crippen LogP contribution in [-0.4, -0.2) is 10.9 Å². The van der Waals surface area contributed by atoms with Gasteiger partial charge in [-0.15, -0.1) is 12.4 Å². The average Bonchev–Trinajstić information content (AvgIpc) is 2.88. The van der Waals surface area contributed by atoms with E-state index in [1.165, 1.54) is 16.6 Å². The fourth-order valence-electron chi connectivity index (χ4n) is 2.91. The number of carbonyl (C=O) groups excluding carboxylic acids is 1. The van der Waals surface area contributed by atoms with Gasteiger partial charge in [-0.05, 0) is 42.7 Å². The third-order valence-electron chi connectivity index (χ3n) is 4.50. The van der Waals surface area contributed by atoms with Crippen molar-refractivity contribution < 1.29 is 4.79 Å². The van der Waals surface area contributed by atoms with Crippen LogP contribution in [0.25, 0.3) is 10.9 Å². The predicted octanol–water partition coefficient (Wildman–Crippen LogP) is 3.91. The largest absolute Gasteiger partial charge is 0.358 e. The molecule has 132 valence electrons. The number of rotatable bonds is 5. The highest BCUT2D eigenvalue weighted by Crippen LogP contribution is 2.22. The molecule has 0 aliphatic heterocycles. The topological polar surface area (TPSA) is 70.9 Å². The van der Waals surface area contributed by atoms with Crippen LogP contribution >= 0.6 is 12.4 Å². The zero-order valence-electron chi connectivity index (χ0n) is 14.5. The van der Waals surface area contributed by atoms with Crippen LogP contribution in [0, 0.1) is 13.8 Å². The van der Waals surface area contributed by atoms with Crippen molar-refractivity contribution in [2.45, 2.75) is 32.9 Å². The van der Waals surface area contributed by atoms with Gasteiger partial charge in [-0.2, -0.15) is 0 Å². The number of carbonyl (C=O) groups is 1. The monoisotopic (exact) mass is 357 g/mol. The number of nitrogens with one attached hydrogen (secondary N) is 2. The Labute approximate surface area is 154 Å². The number of benzene rings is 2. The van der Waals surface area contributed by atoms with Gasteiger partial charge in [0.2, 0.25) is 5.91 Å². The van der Waals surface area contributed by atoms with E-state index in [4.69, 9.17) is 5.73 Å². The Balaban J connectivity index is 0.00000225. The minimum atomic E-state index is -0.275. The maximum absolute atomic E-state index is 12.1. The highest BCUT2D eigenvalue weighted by atomic mass is 35.5.